The van der Waals surface area contributed by atoms with Gasteiger partial charge in [-0.15, -0.1) is 24.0 Å². The largest absolute Gasteiger partial charge is 0.491 e. The van der Waals surface area contributed by atoms with E-state index in [0.717, 1.165) is 29.0 Å². The van der Waals surface area contributed by atoms with Crippen molar-refractivity contribution in [1.29, 1.82) is 0 Å². The van der Waals surface area contributed by atoms with Crippen LogP contribution in [0.5, 0.6) is 5.75 Å². The van der Waals surface area contributed by atoms with Crippen LogP contribution in [0.15, 0.2) is 47.7 Å². The summed E-state index contributed by atoms with van der Waals surface area (Å²) in [6, 6.07) is 9.67. The fraction of sp³-hybridized carbons (Fsp3) is 0.429. The molecular weight excluding hydrogens is 483 g/mol. The molecule has 1 aromatic carbocycles. The van der Waals surface area contributed by atoms with Gasteiger partial charge in [-0.2, -0.15) is 0 Å². The first-order chi connectivity index (χ1) is 13.6. The van der Waals surface area contributed by atoms with Gasteiger partial charge in [0.05, 0.1) is 19.3 Å². The molecule has 0 radical (unpaired) electrons. The van der Waals surface area contributed by atoms with Crippen LogP contribution < -0.4 is 15.4 Å². The zero-order valence-electron chi connectivity index (χ0n) is 17.2. The van der Waals surface area contributed by atoms with Gasteiger partial charge in [0.15, 0.2) is 5.96 Å². The second kappa shape index (κ2) is 14.1. The van der Waals surface area contributed by atoms with Crippen molar-refractivity contribution in [1.82, 2.24) is 15.6 Å². The molecule has 1 aromatic heterocycles. The topological polar surface area (TPSA) is 88.0 Å². The number of rotatable bonds is 10. The van der Waals surface area contributed by atoms with Gasteiger partial charge in [-0.3, -0.25) is 4.98 Å². The molecule has 3 N–H and O–H groups in total. The number of benzene rings is 1. The molecule has 0 amide bonds. The van der Waals surface area contributed by atoms with E-state index in [9.17, 15) is 5.11 Å². The van der Waals surface area contributed by atoms with Crippen LogP contribution in [-0.4, -0.2) is 49.5 Å². The number of hydrogen-bond acceptors (Lipinski definition) is 5. The molecule has 8 heteroatoms. The van der Waals surface area contributed by atoms with Crippen LogP contribution in [0.4, 0.5) is 0 Å². The second-order valence-electron chi connectivity index (χ2n) is 6.32. The molecule has 0 aliphatic carbocycles. The smallest absolute Gasteiger partial charge is 0.191 e. The summed E-state index contributed by atoms with van der Waals surface area (Å²) in [6.07, 6.45) is 2.69. The van der Waals surface area contributed by atoms with Crippen LogP contribution in [0.25, 0.3) is 0 Å². The molecule has 1 atom stereocenters. The highest BCUT2D eigenvalue weighted by molar-refractivity contribution is 14.0. The van der Waals surface area contributed by atoms with E-state index in [1.807, 2.05) is 32.0 Å². The van der Waals surface area contributed by atoms with E-state index >= 15 is 0 Å². The third kappa shape index (κ3) is 8.97. The summed E-state index contributed by atoms with van der Waals surface area (Å²) in [7, 11) is 1.65. The van der Waals surface area contributed by atoms with E-state index < -0.39 is 6.10 Å². The zero-order chi connectivity index (χ0) is 20.2. The lowest BCUT2D eigenvalue weighted by Crippen LogP contribution is -2.39. The van der Waals surface area contributed by atoms with Crippen molar-refractivity contribution in [3.05, 3.63) is 59.4 Å². The summed E-state index contributed by atoms with van der Waals surface area (Å²) in [5, 5.41) is 16.7. The minimum atomic E-state index is -0.640. The lowest BCUT2D eigenvalue weighted by atomic mass is 10.1. The summed E-state index contributed by atoms with van der Waals surface area (Å²) in [5.41, 5.74) is 2.94. The summed E-state index contributed by atoms with van der Waals surface area (Å²) < 4.78 is 10.9. The number of hydrogen-bond donors (Lipinski definition) is 3. The van der Waals surface area contributed by atoms with E-state index in [0.29, 0.717) is 32.3 Å². The Hall–Kier alpha value is -1.91. The first kappa shape index (κ1) is 25.1. The normalized spacial score (nSPS) is 12.1. The van der Waals surface area contributed by atoms with Crippen molar-refractivity contribution >= 4 is 29.9 Å². The Morgan fingerprint density at radius 2 is 1.93 bits per heavy atom. The molecule has 0 saturated carbocycles. The Morgan fingerprint density at radius 3 is 2.62 bits per heavy atom. The van der Waals surface area contributed by atoms with Gasteiger partial charge < -0.3 is 25.2 Å². The SMILES string of the molecule is CCNC(=NCc1ccc(C)cc1OCCOC)NCC(O)c1ccncc1.I. The summed E-state index contributed by atoms with van der Waals surface area (Å²) >= 11 is 0. The number of aryl methyl sites for hydroxylation is 1. The molecule has 0 aliphatic heterocycles. The molecule has 1 unspecified atom stereocenters. The van der Waals surface area contributed by atoms with Crippen LogP contribution in [0.1, 0.15) is 29.7 Å². The first-order valence-corrected chi connectivity index (χ1v) is 9.45. The van der Waals surface area contributed by atoms with Gasteiger partial charge in [-0.25, -0.2) is 4.99 Å². The second-order valence-corrected chi connectivity index (χ2v) is 6.32. The first-order valence-electron chi connectivity index (χ1n) is 9.45. The molecule has 2 aromatic rings. The Kier molecular flexibility index (Phi) is 12.2. The number of halogens is 1. The number of aliphatic hydroxyl groups excluding tert-OH is 1. The number of ether oxygens (including phenoxy) is 2. The van der Waals surface area contributed by atoms with Gasteiger partial charge in [-0.05, 0) is 43.2 Å². The maximum Gasteiger partial charge on any atom is 0.191 e. The fourth-order valence-corrected chi connectivity index (χ4v) is 2.56. The molecule has 7 nitrogen and oxygen atoms in total. The maximum atomic E-state index is 10.3. The average Bonchev–Trinajstić information content (AvgIpc) is 2.71. The number of aromatic nitrogens is 1. The molecular formula is C21H31IN4O3. The van der Waals surface area contributed by atoms with Crippen LogP contribution >= 0.6 is 24.0 Å². The molecule has 0 aliphatic rings. The highest BCUT2D eigenvalue weighted by atomic mass is 127. The highest BCUT2D eigenvalue weighted by Crippen LogP contribution is 2.21. The number of nitrogens with zero attached hydrogens (tertiary/aromatic N) is 2. The molecule has 0 saturated heterocycles. The zero-order valence-corrected chi connectivity index (χ0v) is 19.6. The van der Waals surface area contributed by atoms with E-state index in [2.05, 4.69) is 20.6 Å². The Labute approximate surface area is 190 Å². The third-order valence-corrected chi connectivity index (χ3v) is 4.07. The Morgan fingerprint density at radius 1 is 1.17 bits per heavy atom. The number of guanidine groups is 1. The van der Waals surface area contributed by atoms with Crippen molar-refractivity contribution in [2.24, 2.45) is 4.99 Å². The van der Waals surface area contributed by atoms with Crippen molar-refractivity contribution in [3.63, 3.8) is 0 Å². The summed E-state index contributed by atoms with van der Waals surface area (Å²) in [6.45, 7) is 6.59. The van der Waals surface area contributed by atoms with Crippen molar-refractivity contribution in [3.8, 4) is 5.75 Å². The van der Waals surface area contributed by atoms with Crippen LogP contribution in [0.2, 0.25) is 0 Å². The monoisotopic (exact) mass is 514 g/mol. The molecule has 0 bridgehead atoms. The predicted octanol–water partition coefficient (Wildman–Crippen LogP) is 2.82. The quantitative estimate of drug-likeness (QED) is 0.196. The molecule has 29 heavy (non-hydrogen) atoms. The Balaban J connectivity index is 0.00000420. The van der Waals surface area contributed by atoms with Crippen LogP contribution in [0.3, 0.4) is 0 Å². The number of methoxy groups -OCH3 is 1. The average molecular weight is 514 g/mol. The van der Waals surface area contributed by atoms with E-state index in [1.165, 1.54) is 0 Å². The Bertz CT molecular complexity index is 744. The van der Waals surface area contributed by atoms with Gasteiger partial charge in [0.1, 0.15) is 12.4 Å². The molecule has 2 rings (SSSR count). The number of aliphatic hydroxyl groups is 1. The minimum absolute atomic E-state index is 0. The maximum absolute atomic E-state index is 10.3. The number of aliphatic imine (C=N–C) groups is 1. The van der Waals surface area contributed by atoms with E-state index in [-0.39, 0.29) is 24.0 Å². The molecule has 160 valence electrons. The lowest BCUT2D eigenvalue weighted by Gasteiger charge is -2.16. The van der Waals surface area contributed by atoms with E-state index in [4.69, 9.17) is 9.47 Å². The fourth-order valence-electron chi connectivity index (χ4n) is 2.56. The number of pyridine rings is 1. The highest BCUT2D eigenvalue weighted by Gasteiger charge is 2.09. The van der Waals surface area contributed by atoms with Crippen molar-refractivity contribution < 1.29 is 14.6 Å². The molecule has 1 heterocycles. The van der Waals surface area contributed by atoms with Gasteiger partial charge in [0.25, 0.3) is 0 Å². The van der Waals surface area contributed by atoms with Gasteiger partial charge in [-0.1, -0.05) is 12.1 Å². The van der Waals surface area contributed by atoms with Gasteiger partial charge in [0.2, 0.25) is 0 Å². The van der Waals surface area contributed by atoms with E-state index in [1.54, 1.807) is 31.6 Å². The summed E-state index contributed by atoms with van der Waals surface area (Å²) in [4.78, 5) is 8.60. The summed E-state index contributed by atoms with van der Waals surface area (Å²) in [5.74, 6) is 1.45. The van der Waals surface area contributed by atoms with Crippen LogP contribution in [0, 0.1) is 6.92 Å². The third-order valence-electron chi connectivity index (χ3n) is 4.07. The molecule has 0 fully saturated rings. The molecule has 0 spiro atoms. The minimum Gasteiger partial charge on any atom is -0.491 e. The number of nitrogens with one attached hydrogen (secondary N) is 2. The van der Waals surface area contributed by atoms with Crippen LogP contribution in [-0.2, 0) is 11.3 Å². The van der Waals surface area contributed by atoms with Crippen molar-refractivity contribution in [2.75, 3.05) is 33.4 Å². The van der Waals surface area contributed by atoms with Gasteiger partial charge >= 0.3 is 0 Å². The standard InChI is InChI=1S/C21H30N4O3.HI/c1-4-23-21(25-15-19(26)17-7-9-22-10-8-17)24-14-18-6-5-16(2)13-20(18)28-12-11-27-3;/h5-10,13,19,26H,4,11-12,14-15H2,1-3H3,(H2,23,24,25);1H. The van der Waals surface area contributed by atoms with Gasteiger partial charge in [0, 0.05) is 38.2 Å². The van der Waals surface area contributed by atoms with Crippen molar-refractivity contribution in [2.45, 2.75) is 26.5 Å². The lowest BCUT2D eigenvalue weighted by molar-refractivity contribution is 0.145. The predicted molar refractivity (Wildman–Crippen MR) is 126 cm³/mol.